The molecule has 0 spiro atoms. The summed E-state index contributed by atoms with van der Waals surface area (Å²) in [5, 5.41) is 8.26. The van der Waals surface area contributed by atoms with Crippen LogP contribution in [0.15, 0.2) is 55.1 Å². The summed E-state index contributed by atoms with van der Waals surface area (Å²) in [4.78, 5) is 27.6. The van der Waals surface area contributed by atoms with E-state index in [1.165, 1.54) is 6.33 Å². The van der Waals surface area contributed by atoms with Gasteiger partial charge < -0.3 is 20.9 Å². The zero-order chi connectivity index (χ0) is 27.4. The number of aromatic nitrogens is 4. The molecular weight excluding hydrogens is 509 g/mol. The first-order valence-electron chi connectivity index (χ1n) is 12.7. The molecule has 4 aromatic rings. The van der Waals surface area contributed by atoms with Gasteiger partial charge >= 0.3 is 12.2 Å². The predicted molar refractivity (Wildman–Crippen MR) is 143 cm³/mol. The van der Waals surface area contributed by atoms with Crippen LogP contribution in [0, 0.1) is 0 Å². The van der Waals surface area contributed by atoms with E-state index in [-0.39, 0.29) is 12.2 Å². The smallest absolute Gasteiger partial charge is 0.371 e. The number of nitrogens with one attached hydrogen (secondary N) is 3. The van der Waals surface area contributed by atoms with Crippen molar-refractivity contribution in [2.75, 3.05) is 37.3 Å². The zero-order valence-corrected chi connectivity index (χ0v) is 21.4. The minimum atomic E-state index is -4.50. The van der Waals surface area contributed by atoms with Crippen LogP contribution in [-0.2, 0) is 19.1 Å². The van der Waals surface area contributed by atoms with E-state index >= 15 is 0 Å². The molecule has 0 aliphatic carbocycles. The molecule has 1 aliphatic heterocycles. The van der Waals surface area contributed by atoms with Gasteiger partial charge in [0.1, 0.15) is 12.7 Å². The van der Waals surface area contributed by atoms with Crippen LogP contribution in [-0.4, -0.2) is 57.1 Å². The Morgan fingerprint density at radius 1 is 1.00 bits per heavy atom. The van der Waals surface area contributed by atoms with E-state index < -0.39 is 17.8 Å². The second kappa shape index (κ2) is 11.3. The number of halogens is 3. The van der Waals surface area contributed by atoms with Gasteiger partial charge in [0.2, 0.25) is 0 Å². The molecule has 0 saturated carbocycles. The maximum Gasteiger partial charge on any atom is 0.416 e. The van der Waals surface area contributed by atoms with Crippen molar-refractivity contribution in [1.29, 1.82) is 0 Å². The van der Waals surface area contributed by atoms with Gasteiger partial charge in [-0.05, 0) is 73.8 Å². The number of urea groups is 1. The van der Waals surface area contributed by atoms with Crippen LogP contribution in [0.3, 0.4) is 0 Å². The van der Waals surface area contributed by atoms with Crippen LogP contribution in [0.5, 0.6) is 0 Å². The van der Waals surface area contributed by atoms with Gasteiger partial charge in [0, 0.05) is 31.5 Å². The Bertz CT molecular complexity index is 1450. The summed E-state index contributed by atoms with van der Waals surface area (Å²) in [6.45, 7) is 2.83. The molecule has 3 heterocycles. The van der Waals surface area contributed by atoms with Gasteiger partial charge in [0.25, 0.3) is 0 Å². The lowest BCUT2D eigenvalue weighted by atomic mass is 10.1. The van der Waals surface area contributed by atoms with Gasteiger partial charge in [-0.15, -0.1) is 0 Å². The number of anilines is 2. The highest BCUT2D eigenvalue weighted by Gasteiger charge is 2.31. The Kier molecular flexibility index (Phi) is 7.64. The summed E-state index contributed by atoms with van der Waals surface area (Å²) in [6, 6.07) is 10.6. The number of carbonyl (C=O) groups is 1. The molecule has 2 aromatic heterocycles. The van der Waals surface area contributed by atoms with Gasteiger partial charge in [-0.2, -0.15) is 13.2 Å². The molecule has 1 aliphatic rings. The third-order valence-electron chi connectivity index (χ3n) is 6.73. The number of nitrogens with zero attached hydrogens (tertiary/aromatic N) is 5. The highest BCUT2D eigenvalue weighted by molar-refractivity contribution is 5.89. The molecule has 204 valence electrons. The van der Waals surface area contributed by atoms with Crippen molar-refractivity contribution in [2.45, 2.75) is 32.0 Å². The Labute approximate surface area is 223 Å². The maximum absolute atomic E-state index is 13.5. The highest BCUT2D eigenvalue weighted by atomic mass is 19.4. The molecule has 2 amide bonds. The number of imidazole rings is 1. The summed E-state index contributed by atoms with van der Waals surface area (Å²) in [6.07, 6.45) is 1.34. The topological polar surface area (TPSA) is 100 Å². The monoisotopic (exact) mass is 538 g/mol. The Balaban J connectivity index is 1.22. The average Bonchev–Trinajstić information content (AvgIpc) is 3.61. The van der Waals surface area contributed by atoms with Crippen LogP contribution in [0.2, 0.25) is 0 Å². The Morgan fingerprint density at radius 2 is 1.77 bits per heavy atom. The summed E-state index contributed by atoms with van der Waals surface area (Å²) in [5.74, 6) is 0.630. The van der Waals surface area contributed by atoms with E-state index in [0.29, 0.717) is 35.5 Å². The van der Waals surface area contributed by atoms with Crippen molar-refractivity contribution >= 4 is 28.7 Å². The van der Waals surface area contributed by atoms with Gasteiger partial charge in [0.05, 0.1) is 5.56 Å². The molecule has 1 saturated heterocycles. The summed E-state index contributed by atoms with van der Waals surface area (Å²) in [5.41, 5.74) is 2.84. The Hall–Kier alpha value is -4.19. The average molecular weight is 539 g/mol. The van der Waals surface area contributed by atoms with Crippen LogP contribution in [0.4, 0.5) is 29.5 Å². The first-order valence-corrected chi connectivity index (χ1v) is 12.7. The van der Waals surface area contributed by atoms with Crippen molar-refractivity contribution in [3.05, 3.63) is 71.8 Å². The van der Waals surface area contributed by atoms with Crippen molar-refractivity contribution < 1.29 is 18.0 Å². The number of rotatable bonds is 8. The van der Waals surface area contributed by atoms with Crippen molar-refractivity contribution in [3.63, 3.8) is 0 Å². The van der Waals surface area contributed by atoms with E-state index in [9.17, 15) is 18.0 Å². The van der Waals surface area contributed by atoms with E-state index in [0.717, 1.165) is 49.3 Å². The van der Waals surface area contributed by atoms with Crippen LogP contribution >= 0.6 is 0 Å². The fraction of sp³-hybridized carbons (Fsp3) is 0.333. The third kappa shape index (κ3) is 6.28. The van der Waals surface area contributed by atoms with E-state index in [4.69, 9.17) is 0 Å². The van der Waals surface area contributed by atoms with Crippen molar-refractivity contribution in [3.8, 4) is 5.69 Å². The quantitative estimate of drug-likeness (QED) is 0.297. The molecule has 5 rings (SSSR count). The SMILES string of the molecule is CNc1ncnc2c1ncn2-c1ccc(CNC(=O)Nc2cc(CCN3CCCC3)cc(C(F)(F)F)c2)cc1. The van der Waals surface area contributed by atoms with E-state index in [1.807, 2.05) is 28.8 Å². The molecule has 3 N–H and O–H groups in total. The lowest BCUT2D eigenvalue weighted by Gasteiger charge is -2.17. The van der Waals surface area contributed by atoms with E-state index in [2.05, 4.69) is 35.8 Å². The summed E-state index contributed by atoms with van der Waals surface area (Å²) >= 11 is 0. The molecule has 12 heteroatoms. The van der Waals surface area contributed by atoms with Crippen LogP contribution in [0.1, 0.15) is 29.5 Å². The van der Waals surface area contributed by atoms with Crippen molar-refractivity contribution in [2.24, 2.45) is 0 Å². The molecule has 0 atom stereocenters. The number of alkyl halides is 3. The van der Waals surface area contributed by atoms with Crippen LogP contribution in [0.25, 0.3) is 16.9 Å². The number of amides is 2. The molecule has 0 radical (unpaired) electrons. The largest absolute Gasteiger partial charge is 0.416 e. The first kappa shape index (κ1) is 26.4. The number of fused-ring (bicyclic) bond motifs is 1. The fourth-order valence-electron chi connectivity index (χ4n) is 4.70. The zero-order valence-electron chi connectivity index (χ0n) is 21.4. The second-order valence-electron chi connectivity index (χ2n) is 9.45. The normalized spacial score (nSPS) is 14.1. The molecular formula is C27H29F3N8O. The lowest BCUT2D eigenvalue weighted by molar-refractivity contribution is -0.137. The first-order chi connectivity index (χ1) is 18.8. The number of hydrogen-bond donors (Lipinski definition) is 3. The third-order valence-corrected chi connectivity index (χ3v) is 6.73. The predicted octanol–water partition coefficient (Wildman–Crippen LogP) is 4.84. The second-order valence-corrected chi connectivity index (χ2v) is 9.45. The molecule has 39 heavy (non-hydrogen) atoms. The minimum absolute atomic E-state index is 0.115. The highest BCUT2D eigenvalue weighted by Crippen LogP contribution is 2.32. The fourth-order valence-corrected chi connectivity index (χ4v) is 4.70. The number of hydrogen-bond acceptors (Lipinski definition) is 6. The van der Waals surface area contributed by atoms with Gasteiger partial charge in [0.15, 0.2) is 17.0 Å². The maximum atomic E-state index is 13.5. The Morgan fingerprint density at radius 3 is 2.49 bits per heavy atom. The number of benzene rings is 2. The lowest BCUT2D eigenvalue weighted by Crippen LogP contribution is -2.28. The standard InChI is InChI=1S/C27H29F3N8O/c1-31-24-23-25(34-16-33-24)38(17-35-23)22-6-4-18(5-7-22)15-32-26(39)36-21-13-19(8-11-37-9-2-3-10-37)12-20(14-21)27(28,29)30/h4-7,12-14,16-17H,2-3,8-11,15H2,1H3,(H,31,33,34)(H2,32,36,39). The number of likely N-dealkylation sites (tertiary alicyclic amines) is 1. The van der Waals surface area contributed by atoms with Crippen LogP contribution < -0.4 is 16.0 Å². The number of carbonyl (C=O) groups excluding carboxylic acids is 1. The van der Waals surface area contributed by atoms with Gasteiger partial charge in [-0.25, -0.2) is 19.7 Å². The molecule has 1 fully saturated rings. The molecule has 0 bridgehead atoms. The summed E-state index contributed by atoms with van der Waals surface area (Å²) < 4.78 is 42.3. The van der Waals surface area contributed by atoms with Gasteiger partial charge in [-0.1, -0.05) is 12.1 Å². The molecule has 2 aromatic carbocycles. The summed E-state index contributed by atoms with van der Waals surface area (Å²) in [7, 11) is 1.76. The molecule has 0 unspecified atom stereocenters. The van der Waals surface area contributed by atoms with Gasteiger partial charge in [-0.3, -0.25) is 4.57 Å². The minimum Gasteiger partial charge on any atom is -0.371 e. The molecule has 9 nitrogen and oxygen atoms in total. The van der Waals surface area contributed by atoms with Crippen molar-refractivity contribution in [1.82, 2.24) is 29.7 Å². The van der Waals surface area contributed by atoms with E-state index in [1.54, 1.807) is 19.4 Å².